The maximum atomic E-state index is 12.7. The first-order valence-corrected chi connectivity index (χ1v) is 9.65. The van der Waals surface area contributed by atoms with Gasteiger partial charge < -0.3 is 19.5 Å². The standard InChI is InChI=1S/C22H18BrNO4/c23-18-12-20-21(27-10-9-26-20)13-19(18)24-22(25)16-7-4-8-17(11-16)28-14-15-5-2-1-3-6-15/h1-8,11-13H,9-10,14H2,(H,24,25). The van der Waals surface area contributed by atoms with Crippen molar-refractivity contribution in [2.45, 2.75) is 6.61 Å². The van der Waals surface area contributed by atoms with Gasteiger partial charge in [-0.2, -0.15) is 0 Å². The number of hydrogen-bond donors (Lipinski definition) is 1. The predicted molar refractivity (Wildman–Crippen MR) is 110 cm³/mol. The van der Waals surface area contributed by atoms with Crippen molar-refractivity contribution in [1.82, 2.24) is 0 Å². The summed E-state index contributed by atoms with van der Waals surface area (Å²) in [4.78, 5) is 12.7. The van der Waals surface area contributed by atoms with E-state index in [1.165, 1.54) is 0 Å². The lowest BCUT2D eigenvalue weighted by atomic mass is 10.2. The minimum absolute atomic E-state index is 0.234. The first-order valence-electron chi connectivity index (χ1n) is 8.86. The highest BCUT2D eigenvalue weighted by Crippen LogP contribution is 2.38. The van der Waals surface area contributed by atoms with E-state index >= 15 is 0 Å². The monoisotopic (exact) mass is 439 g/mol. The van der Waals surface area contributed by atoms with Gasteiger partial charge in [0.05, 0.1) is 5.69 Å². The molecule has 6 heteroatoms. The molecule has 0 aliphatic carbocycles. The molecule has 0 saturated carbocycles. The van der Waals surface area contributed by atoms with E-state index in [1.807, 2.05) is 36.4 Å². The molecule has 5 nitrogen and oxygen atoms in total. The number of rotatable bonds is 5. The van der Waals surface area contributed by atoms with Crippen LogP contribution in [0.25, 0.3) is 0 Å². The summed E-state index contributed by atoms with van der Waals surface area (Å²) in [5, 5.41) is 2.90. The van der Waals surface area contributed by atoms with Crippen molar-refractivity contribution in [2.75, 3.05) is 18.5 Å². The molecule has 0 radical (unpaired) electrons. The average Bonchev–Trinajstić information content (AvgIpc) is 2.74. The van der Waals surface area contributed by atoms with E-state index in [1.54, 1.807) is 30.3 Å². The number of hydrogen-bond acceptors (Lipinski definition) is 4. The van der Waals surface area contributed by atoms with Crippen LogP contribution in [-0.2, 0) is 6.61 Å². The molecule has 1 aliphatic rings. The van der Waals surface area contributed by atoms with Crippen LogP contribution in [0.5, 0.6) is 17.2 Å². The lowest BCUT2D eigenvalue weighted by Gasteiger charge is -2.20. The molecule has 142 valence electrons. The van der Waals surface area contributed by atoms with Crippen LogP contribution in [0.4, 0.5) is 5.69 Å². The second kappa shape index (κ2) is 8.35. The van der Waals surface area contributed by atoms with Gasteiger partial charge in [-0.1, -0.05) is 36.4 Å². The summed E-state index contributed by atoms with van der Waals surface area (Å²) in [5.74, 6) is 1.68. The first kappa shape index (κ1) is 18.4. The first-order chi connectivity index (χ1) is 13.7. The van der Waals surface area contributed by atoms with Crippen LogP contribution in [0.1, 0.15) is 15.9 Å². The SMILES string of the molecule is O=C(Nc1cc2c(cc1Br)OCCO2)c1cccc(OCc2ccccc2)c1. The van der Waals surface area contributed by atoms with E-state index in [-0.39, 0.29) is 5.91 Å². The summed E-state index contributed by atoms with van der Waals surface area (Å²) in [6, 6.07) is 20.5. The number of amides is 1. The van der Waals surface area contributed by atoms with E-state index in [2.05, 4.69) is 21.2 Å². The van der Waals surface area contributed by atoms with Gasteiger partial charge in [0.25, 0.3) is 5.91 Å². The molecular weight excluding hydrogens is 422 g/mol. The van der Waals surface area contributed by atoms with Gasteiger partial charge in [0, 0.05) is 22.2 Å². The zero-order valence-electron chi connectivity index (χ0n) is 15.0. The Labute approximate surface area is 171 Å². The Balaban J connectivity index is 1.46. The predicted octanol–water partition coefficient (Wildman–Crippen LogP) is 5.05. The molecule has 1 aliphatic heterocycles. The smallest absolute Gasteiger partial charge is 0.255 e. The molecule has 1 amide bonds. The molecule has 1 heterocycles. The van der Waals surface area contributed by atoms with Gasteiger partial charge in [0.1, 0.15) is 25.6 Å². The third-order valence-electron chi connectivity index (χ3n) is 4.22. The molecule has 0 aromatic heterocycles. The largest absolute Gasteiger partial charge is 0.489 e. The second-order valence-corrected chi connectivity index (χ2v) is 7.09. The summed E-state index contributed by atoms with van der Waals surface area (Å²) in [6.07, 6.45) is 0. The maximum absolute atomic E-state index is 12.7. The highest BCUT2D eigenvalue weighted by molar-refractivity contribution is 9.10. The zero-order valence-corrected chi connectivity index (χ0v) is 16.6. The molecule has 0 bridgehead atoms. The number of ether oxygens (including phenoxy) is 3. The number of anilines is 1. The Morgan fingerprint density at radius 2 is 1.71 bits per heavy atom. The Bertz CT molecular complexity index is 991. The van der Waals surface area contributed by atoms with Crippen LogP contribution < -0.4 is 19.5 Å². The normalized spacial score (nSPS) is 12.3. The minimum atomic E-state index is -0.234. The average molecular weight is 440 g/mol. The highest BCUT2D eigenvalue weighted by atomic mass is 79.9. The van der Waals surface area contributed by atoms with Gasteiger partial charge in [-0.3, -0.25) is 4.79 Å². The lowest BCUT2D eigenvalue weighted by Crippen LogP contribution is -2.17. The van der Waals surface area contributed by atoms with E-state index in [0.717, 1.165) is 10.0 Å². The van der Waals surface area contributed by atoms with Crippen LogP contribution in [0.2, 0.25) is 0 Å². The zero-order chi connectivity index (χ0) is 19.3. The van der Waals surface area contributed by atoms with Crippen LogP contribution in [0.15, 0.2) is 71.2 Å². The van der Waals surface area contributed by atoms with Crippen LogP contribution in [-0.4, -0.2) is 19.1 Å². The molecule has 28 heavy (non-hydrogen) atoms. The Kier molecular flexibility index (Phi) is 5.48. The fourth-order valence-corrected chi connectivity index (χ4v) is 3.24. The highest BCUT2D eigenvalue weighted by Gasteiger charge is 2.17. The van der Waals surface area contributed by atoms with Crippen molar-refractivity contribution >= 4 is 27.5 Å². The molecular formula is C22H18BrNO4. The molecule has 3 aromatic carbocycles. The van der Waals surface area contributed by atoms with E-state index in [0.29, 0.717) is 48.3 Å². The Morgan fingerprint density at radius 3 is 2.50 bits per heavy atom. The Hall–Kier alpha value is -2.99. The Morgan fingerprint density at radius 1 is 0.964 bits per heavy atom. The molecule has 0 fully saturated rings. The summed E-state index contributed by atoms with van der Waals surface area (Å²) in [7, 11) is 0. The van der Waals surface area contributed by atoms with Gasteiger partial charge in [0.15, 0.2) is 11.5 Å². The topological polar surface area (TPSA) is 56.8 Å². The van der Waals surface area contributed by atoms with Crippen LogP contribution in [0, 0.1) is 0 Å². The van der Waals surface area contributed by atoms with E-state index < -0.39 is 0 Å². The van der Waals surface area contributed by atoms with E-state index in [9.17, 15) is 4.79 Å². The third kappa shape index (κ3) is 4.28. The van der Waals surface area contributed by atoms with Gasteiger partial charge in [-0.15, -0.1) is 0 Å². The molecule has 3 aromatic rings. The lowest BCUT2D eigenvalue weighted by molar-refractivity contribution is 0.102. The fraction of sp³-hybridized carbons (Fsp3) is 0.136. The van der Waals surface area contributed by atoms with Crippen molar-refractivity contribution in [1.29, 1.82) is 0 Å². The molecule has 0 atom stereocenters. The van der Waals surface area contributed by atoms with Crippen LogP contribution in [0.3, 0.4) is 0 Å². The molecule has 1 N–H and O–H groups in total. The number of halogens is 1. The van der Waals surface area contributed by atoms with Crippen molar-refractivity contribution in [3.63, 3.8) is 0 Å². The second-order valence-electron chi connectivity index (χ2n) is 6.23. The maximum Gasteiger partial charge on any atom is 0.255 e. The van der Waals surface area contributed by atoms with Gasteiger partial charge >= 0.3 is 0 Å². The summed E-state index contributed by atoms with van der Waals surface area (Å²) < 4.78 is 17.7. The molecule has 4 rings (SSSR count). The van der Waals surface area contributed by atoms with Crippen molar-refractivity contribution in [3.05, 3.63) is 82.3 Å². The number of carbonyl (C=O) groups is 1. The number of nitrogens with one attached hydrogen (secondary N) is 1. The van der Waals surface area contributed by atoms with Crippen molar-refractivity contribution < 1.29 is 19.0 Å². The quantitative estimate of drug-likeness (QED) is 0.603. The van der Waals surface area contributed by atoms with Crippen molar-refractivity contribution in [3.8, 4) is 17.2 Å². The molecule has 0 unspecified atom stereocenters. The van der Waals surface area contributed by atoms with Gasteiger partial charge in [0.2, 0.25) is 0 Å². The fourth-order valence-electron chi connectivity index (χ4n) is 2.82. The molecule has 0 saturated heterocycles. The molecule has 0 spiro atoms. The number of carbonyl (C=O) groups excluding carboxylic acids is 1. The summed E-state index contributed by atoms with van der Waals surface area (Å²) >= 11 is 3.47. The number of fused-ring (bicyclic) bond motifs is 1. The third-order valence-corrected chi connectivity index (χ3v) is 4.88. The van der Waals surface area contributed by atoms with Crippen LogP contribution >= 0.6 is 15.9 Å². The van der Waals surface area contributed by atoms with Crippen molar-refractivity contribution in [2.24, 2.45) is 0 Å². The summed E-state index contributed by atoms with van der Waals surface area (Å²) in [6.45, 7) is 1.45. The van der Waals surface area contributed by atoms with Gasteiger partial charge in [-0.25, -0.2) is 0 Å². The van der Waals surface area contributed by atoms with E-state index in [4.69, 9.17) is 14.2 Å². The minimum Gasteiger partial charge on any atom is -0.489 e. The van der Waals surface area contributed by atoms with Gasteiger partial charge in [-0.05, 0) is 39.7 Å². The number of benzene rings is 3. The summed E-state index contributed by atoms with van der Waals surface area (Å²) in [5.41, 5.74) is 2.19.